The molecule has 1 atom stereocenters. The Morgan fingerprint density at radius 1 is 1.32 bits per heavy atom. The zero-order valence-corrected chi connectivity index (χ0v) is 13.0. The topological polar surface area (TPSA) is 36.4 Å². The standard InChI is InChI=1S/C15H25N3S/c1-13(9-10-14-7-5-4-6-8-14)18-15(16-2)17-11-12-19-3/h4-8,13H,9-12H2,1-3H3,(H2,16,17,18). The van der Waals surface area contributed by atoms with Crippen LogP contribution in [0.4, 0.5) is 0 Å². The predicted molar refractivity (Wildman–Crippen MR) is 87.1 cm³/mol. The van der Waals surface area contributed by atoms with Crippen LogP contribution in [0.15, 0.2) is 35.3 Å². The van der Waals surface area contributed by atoms with Gasteiger partial charge in [-0.3, -0.25) is 4.99 Å². The average molecular weight is 279 g/mol. The fourth-order valence-corrected chi connectivity index (χ4v) is 2.11. The fourth-order valence-electron chi connectivity index (χ4n) is 1.80. The van der Waals surface area contributed by atoms with Crippen molar-refractivity contribution in [3.8, 4) is 0 Å². The third-order valence-corrected chi connectivity index (χ3v) is 3.53. The predicted octanol–water partition coefficient (Wildman–Crippen LogP) is 2.54. The third-order valence-electron chi connectivity index (χ3n) is 2.91. The Bertz CT molecular complexity index is 365. The summed E-state index contributed by atoms with van der Waals surface area (Å²) in [4.78, 5) is 4.24. The molecule has 0 saturated heterocycles. The smallest absolute Gasteiger partial charge is 0.191 e. The maximum Gasteiger partial charge on any atom is 0.191 e. The van der Waals surface area contributed by atoms with Crippen molar-refractivity contribution >= 4 is 17.7 Å². The van der Waals surface area contributed by atoms with Gasteiger partial charge in [0.1, 0.15) is 0 Å². The molecule has 1 rings (SSSR count). The summed E-state index contributed by atoms with van der Waals surface area (Å²) >= 11 is 1.84. The van der Waals surface area contributed by atoms with E-state index in [4.69, 9.17) is 0 Å². The number of thioether (sulfide) groups is 1. The van der Waals surface area contributed by atoms with E-state index in [9.17, 15) is 0 Å². The molecule has 0 aliphatic heterocycles. The van der Waals surface area contributed by atoms with Gasteiger partial charge in [-0.1, -0.05) is 30.3 Å². The van der Waals surface area contributed by atoms with Gasteiger partial charge in [0, 0.05) is 25.4 Å². The van der Waals surface area contributed by atoms with Crippen LogP contribution in [-0.2, 0) is 6.42 Å². The number of nitrogens with one attached hydrogen (secondary N) is 2. The fraction of sp³-hybridized carbons (Fsp3) is 0.533. The number of nitrogens with zero attached hydrogens (tertiary/aromatic N) is 1. The van der Waals surface area contributed by atoms with Crippen molar-refractivity contribution in [2.24, 2.45) is 4.99 Å². The summed E-state index contributed by atoms with van der Waals surface area (Å²) in [6, 6.07) is 11.0. The molecule has 0 spiro atoms. The van der Waals surface area contributed by atoms with Gasteiger partial charge in [-0.15, -0.1) is 0 Å². The molecule has 1 aromatic carbocycles. The highest BCUT2D eigenvalue weighted by atomic mass is 32.2. The van der Waals surface area contributed by atoms with Crippen LogP contribution in [-0.4, -0.2) is 37.6 Å². The Hall–Kier alpha value is -1.16. The molecule has 19 heavy (non-hydrogen) atoms. The lowest BCUT2D eigenvalue weighted by molar-refractivity contribution is 0.595. The number of aryl methyl sites for hydroxylation is 1. The Morgan fingerprint density at radius 2 is 2.05 bits per heavy atom. The van der Waals surface area contributed by atoms with Crippen molar-refractivity contribution in [1.29, 1.82) is 0 Å². The van der Waals surface area contributed by atoms with E-state index in [2.05, 4.69) is 59.1 Å². The molecule has 0 aliphatic rings. The van der Waals surface area contributed by atoms with Gasteiger partial charge < -0.3 is 10.6 Å². The molecule has 0 aliphatic carbocycles. The van der Waals surface area contributed by atoms with Crippen LogP contribution in [0.5, 0.6) is 0 Å². The van der Waals surface area contributed by atoms with Crippen LogP contribution in [0, 0.1) is 0 Å². The highest BCUT2D eigenvalue weighted by Crippen LogP contribution is 2.04. The molecule has 0 radical (unpaired) electrons. The zero-order chi connectivity index (χ0) is 13.9. The summed E-state index contributed by atoms with van der Waals surface area (Å²) in [5.74, 6) is 1.99. The quantitative estimate of drug-likeness (QED) is 0.457. The Labute approximate surface area is 121 Å². The first kappa shape index (κ1) is 15.9. The molecule has 0 saturated carbocycles. The minimum absolute atomic E-state index is 0.417. The summed E-state index contributed by atoms with van der Waals surface area (Å²) in [5.41, 5.74) is 1.39. The highest BCUT2D eigenvalue weighted by molar-refractivity contribution is 7.98. The second kappa shape index (κ2) is 9.73. The van der Waals surface area contributed by atoms with E-state index < -0.39 is 0 Å². The van der Waals surface area contributed by atoms with Crippen LogP contribution in [0.25, 0.3) is 0 Å². The van der Waals surface area contributed by atoms with E-state index in [1.807, 2.05) is 18.8 Å². The summed E-state index contributed by atoms with van der Waals surface area (Å²) in [6.45, 7) is 3.15. The van der Waals surface area contributed by atoms with E-state index in [1.165, 1.54) is 5.56 Å². The first-order valence-electron chi connectivity index (χ1n) is 6.76. The van der Waals surface area contributed by atoms with Crippen molar-refractivity contribution in [2.45, 2.75) is 25.8 Å². The SMILES string of the molecule is CN=C(NCCSC)NC(C)CCc1ccccc1. The van der Waals surface area contributed by atoms with Gasteiger partial charge in [-0.05, 0) is 31.6 Å². The number of benzene rings is 1. The average Bonchev–Trinajstić information content (AvgIpc) is 2.45. The summed E-state index contributed by atoms with van der Waals surface area (Å²) in [6.07, 6.45) is 4.31. The van der Waals surface area contributed by atoms with Crippen molar-refractivity contribution in [2.75, 3.05) is 25.6 Å². The van der Waals surface area contributed by atoms with E-state index in [0.29, 0.717) is 6.04 Å². The zero-order valence-electron chi connectivity index (χ0n) is 12.1. The molecule has 4 heteroatoms. The van der Waals surface area contributed by atoms with Gasteiger partial charge >= 0.3 is 0 Å². The van der Waals surface area contributed by atoms with Crippen LogP contribution < -0.4 is 10.6 Å². The van der Waals surface area contributed by atoms with Crippen molar-refractivity contribution in [1.82, 2.24) is 10.6 Å². The molecule has 3 nitrogen and oxygen atoms in total. The molecule has 0 heterocycles. The van der Waals surface area contributed by atoms with Crippen molar-refractivity contribution in [3.05, 3.63) is 35.9 Å². The maximum atomic E-state index is 4.24. The van der Waals surface area contributed by atoms with Gasteiger partial charge in [0.2, 0.25) is 0 Å². The first-order valence-corrected chi connectivity index (χ1v) is 8.15. The number of aliphatic imine (C=N–C) groups is 1. The van der Waals surface area contributed by atoms with Gasteiger partial charge in [0.15, 0.2) is 5.96 Å². The molecular weight excluding hydrogens is 254 g/mol. The van der Waals surface area contributed by atoms with Gasteiger partial charge in [-0.2, -0.15) is 11.8 Å². The minimum atomic E-state index is 0.417. The molecule has 1 unspecified atom stereocenters. The van der Waals surface area contributed by atoms with Gasteiger partial charge in [0.05, 0.1) is 0 Å². The molecule has 0 amide bonds. The van der Waals surface area contributed by atoms with E-state index in [1.54, 1.807) is 0 Å². The summed E-state index contributed by atoms with van der Waals surface area (Å²) < 4.78 is 0. The molecule has 106 valence electrons. The largest absolute Gasteiger partial charge is 0.356 e. The Balaban J connectivity index is 2.27. The normalized spacial score (nSPS) is 13.1. The summed E-state index contributed by atoms with van der Waals surface area (Å²) in [5, 5.41) is 6.74. The minimum Gasteiger partial charge on any atom is -0.356 e. The maximum absolute atomic E-state index is 4.24. The lowest BCUT2D eigenvalue weighted by Gasteiger charge is -2.17. The highest BCUT2D eigenvalue weighted by Gasteiger charge is 2.05. The van der Waals surface area contributed by atoms with Crippen LogP contribution in [0.2, 0.25) is 0 Å². The van der Waals surface area contributed by atoms with E-state index in [0.717, 1.165) is 31.1 Å². The molecule has 0 aromatic heterocycles. The van der Waals surface area contributed by atoms with E-state index in [-0.39, 0.29) is 0 Å². The summed E-state index contributed by atoms with van der Waals surface area (Å²) in [7, 11) is 1.82. The first-order chi connectivity index (χ1) is 9.26. The van der Waals surface area contributed by atoms with Crippen LogP contribution >= 0.6 is 11.8 Å². The van der Waals surface area contributed by atoms with Crippen molar-refractivity contribution in [3.63, 3.8) is 0 Å². The number of hydrogen-bond donors (Lipinski definition) is 2. The second-order valence-electron chi connectivity index (χ2n) is 4.56. The number of hydrogen-bond acceptors (Lipinski definition) is 2. The van der Waals surface area contributed by atoms with Crippen molar-refractivity contribution < 1.29 is 0 Å². The lowest BCUT2D eigenvalue weighted by Crippen LogP contribution is -2.43. The molecular formula is C15H25N3S. The number of rotatable bonds is 7. The molecule has 0 bridgehead atoms. The lowest BCUT2D eigenvalue weighted by atomic mass is 10.1. The molecule has 2 N–H and O–H groups in total. The number of guanidine groups is 1. The monoisotopic (exact) mass is 279 g/mol. The van der Waals surface area contributed by atoms with Gasteiger partial charge in [0.25, 0.3) is 0 Å². The second-order valence-corrected chi connectivity index (χ2v) is 5.55. The van der Waals surface area contributed by atoms with Crippen LogP contribution in [0.1, 0.15) is 18.9 Å². The third kappa shape index (κ3) is 7.11. The molecule has 1 aromatic rings. The Morgan fingerprint density at radius 3 is 2.68 bits per heavy atom. The van der Waals surface area contributed by atoms with E-state index >= 15 is 0 Å². The van der Waals surface area contributed by atoms with Gasteiger partial charge in [-0.25, -0.2) is 0 Å². The van der Waals surface area contributed by atoms with Crippen LogP contribution in [0.3, 0.4) is 0 Å². The Kier molecular flexibility index (Phi) is 8.14. The molecule has 0 fully saturated rings.